The molecule has 0 aliphatic heterocycles. The second-order valence-corrected chi connectivity index (χ2v) is 6.75. The number of sulfonamides is 1. The average molecular weight is 392 g/mol. The van der Waals surface area contributed by atoms with Gasteiger partial charge < -0.3 is 9.47 Å². The van der Waals surface area contributed by atoms with Gasteiger partial charge in [0.05, 0.1) is 23.4 Å². The van der Waals surface area contributed by atoms with E-state index in [4.69, 9.17) is 32.7 Å². The molecule has 8 nitrogen and oxygen atoms in total. The van der Waals surface area contributed by atoms with Crippen LogP contribution in [0, 0.1) is 0 Å². The topological polar surface area (TPSA) is 107 Å². The van der Waals surface area contributed by atoms with Crippen molar-refractivity contribution in [3.8, 4) is 11.8 Å². The third-order valence-electron chi connectivity index (χ3n) is 2.60. The Morgan fingerprint density at radius 1 is 1.29 bits per heavy atom. The van der Waals surface area contributed by atoms with E-state index in [2.05, 4.69) is 14.7 Å². The number of carbonyl (C=O) groups excluding carboxylic acids is 1. The summed E-state index contributed by atoms with van der Waals surface area (Å²) < 4.78 is 36.8. The Balaban J connectivity index is 2.39. The molecule has 0 spiro atoms. The van der Waals surface area contributed by atoms with Crippen LogP contribution in [0.4, 0.5) is 5.82 Å². The fourth-order valence-corrected chi connectivity index (χ4v) is 3.41. The summed E-state index contributed by atoms with van der Waals surface area (Å²) in [5, 5.41) is -0.0436. The van der Waals surface area contributed by atoms with Gasteiger partial charge in [0.2, 0.25) is 11.7 Å². The fourth-order valence-electron chi connectivity index (χ4n) is 1.64. The van der Waals surface area contributed by atoms with Crippen molar-refractivity contribution in [2.45, 2.75) is 11.8 Å². The SMILES string of the molecule is COc1nc(OC(C)=O)cnc1NS(=O)(=O)c1cccc(Cl)c1Cl. The Bertz CT molecular complexity index is 889. The summed E-state index contributed by atoms with van der Waals surface area (Å²) in [4.78, 5) is 18.3. The maximum absolute atomic E-state index is 12.4. The van der Waals surface area contributed by atoms with Crippen molar-refractivity contribution >= 4 is 45.0 Å². The molecular formula is C13H11Cl2N3O5S. The molecular weight excluding hydrogens is 381 g/mol. The van der Waals surface area contributed by atoms with Crippen molar-refractivity contribution in [2.75, 3.05) is 11.8 Å². The maximum atomic E-state index is 12.4. The summed E-state index contributed by atoms with van der Waals surface area (Å²) in [7, 11) is -2.84. The van der Waals surface area contributed by atoms with E-state index in [1.807, 2.05) is 0 Å². The number of hydrogen-bond acceptors (Lipinski definition) is 7. The van der Waals surface area contributed by atoms with Crippen LogP contribution in [0.2, 0.25) is 10.0 Å². The molecule has 0 unspecified atom stereocenters. The van der Waals surface area contributed by atoms with E-state index in [0.29, 0.717) is 0 Å². The van der Waals surface area contributed by atoms with Crippen molar-refractivity contribution in [2.24, 2.45) is 0 Å². The smallest absolute Gasteiger partial charge is 0.309 e. The highest BCUT2D eigenvalue weighted by atomic mass is 35.5. The predicted octanol–water partition coefficient (Wildman–Crippen LogP) is 2.52. The lowest BCUT2D eigenvalue weighted by atomic mass is 10.4. The van der Waals surface area contributed by atoms with E-state index in [1.54, 1.807) is 0 Å². The van der Waals surface area contributed by atoms with Gasteiger partial charge in [0.15, 0.2) is 0 Å². The van der Waals surface area contributed by atoms with Crippen LogP contribution in [0.3, 0.4) is 0 Å². The molecule has 0 atom stereocenters. The number of nitrogens with one attached hydrogen (secondary N) is 1. The summed E-state index contributed by atoms with van der Waals surface area (Å²) in [6, 6.07) is 4.18. The van der Waals surface area contributed by atoms with Gasteiger partial charge in [-0.25, -0.2) is 13.4 Å². The normalized spacial score (nSPS) is 11.0. The van der Waals surface area contributed by atoms with Gasteiger partial charge in [-0.3, -0.25) is 9.52 Å². The number of halogens is 2. The van der Waals surface area contributed by atoms with Crippen LogP contribution >= 0.6 is 23.2 Å². The summed E-state index contributed by atoms with van der Waals surface area (Å²) in [5.74, 6) is -1.13. The zero-order valence-corrected chi connectivity index (χ0v) is 14.7. The van der Waals surface area contributed by atoms with E-state index >= 15 is 0 Å². The van der Waals surface area contributed by atoms with Gasteiger partial charge in [0.1, 0.15) is 4.90 Å². The maximum Gasteiger partial charge on any atom is 0.309 e. The molecule has 1 N–H and O–H groups in total. The highest BCUT2D eigenvalue weighted by Gasteiger charge is 2.23. The average Bonchev–Trinajstić information content (AvgIpc) is 2.50. The first-order valence-corrected chi connectivity index (χ1v) is 8.55. The van der Waals surface area contributed by atoms with Gasteiger partial charge in [-0.05, 0) is 12.1 Å². The number of rotatable bonds is 5. The van der Waals surface area contributed by atoms with Gasteiger partial charge in [-0.1, -0.05) is 29.3 Å². The van der Waals surface area contributed by atoms with Crippen LogP contribution in [0.15, 0.2) is 29.3 Å². The second kappa shape index (κ2) is 7.20. The number of ether oxygens (including phenoxy) is 2. The molecule has 24 heavy (non-hydrogen) atoms. The standard InChI is InChI=1S/C13H11Cl2N3O5S/c1-7(19)23-10-6-16-12(13(17-10)22-2)18-24(20,21)9-5-3-4-8(14)11(9)15/h3-6H,1-2H3,(H,16,18). The first-order valence-electron chi connectivity index (χ1n) is 6.31. The van der Waals surface area contributed by atoms with Crippen molar-refractivity contribution in [1.82, 2.24) is 9.97 Å². The zero-order valence-electron chi connectivity index (χ0n) is 12.4. The van der Waals surface area contributed by atoms with Crippen LogP contribution in [-0.4, -0.2) is 31.5 Å². The Labute approximate surface area is 147 Å². The van der Waals surface area contributed by atoms with Gasteiger partial charge in [0, 0.05) is 6.92 Å². The van der Waals surface area contributed by atoms with Gasteiger partial charge >= 0.3 is 5.97 Å². The number of carbonyl (C=O) groups is 1. The number of benzene rings is 1. The van der Waals surface area contributed by atoms with Crippen LogP contribution in [0.25, 0.3) is 0 Å². The highest BCUT2D eigenvalue weighted by Crippen LogP contribution is 2.31. The Morgan fingerprint density at radius 3 is 2.62 bits per heavy atom. The first-order chi connectivity index (χ1) is 11.2. The molecule has 2 rings (SSSR count). The van der Waals surface area contributed by atoms with Gasteiger partial charge in [0.25, 0.3) is 15.9 Å². The first kappa shape index (κ1) is 18.2. The van der Waals surface area contributed by atoms with E-state index in [9.17, 15) is 13.2 Å². The largest absolute Gasteiger partial charge is 0.478 e. The highest BCUT2D eigenvalue weighted by molar-refractivity contribution is 7.92. The molecule has 0 radical (unpaired) electrons. The summed E-state index contributed by atoms with van der Waals surface area (Å²) >= 11 is 11.7. The quantitative estimate of drug-likeness (QED) is 0.779. The molecule has 0 saturated carbocycles. The van der Waals surface area contributed by atoms with Gasteiger partial charge in [-0.15, -0.1) is 0 Å². The lowest BCUT2D eigenvalue weighted by Gasteiger charge is -2.12. The molecule has 1 aromatic carbocycles. The fraction of sp³-hybridized carbons (Fsp3) is 0.154. The van der Waals surface area contributed by atoms with E-state index in [-0.39, 0.29) is 32.5 Å². The number of methoxy groups -OCH3 is 1. The third-order valence-corrected chi connectivity index (χ3v) is 4.91. The molecule has 11 heteroatoms. The van der Waals surface area contributed by atoms with Crippen molar-refractivity contribution in [3.05, 3.63) is 34.4 Å². The minimum absolute atomic E-state index is 0.0859. The summed E-state index contributed by atoms with van der Waals surface area (Å²) in [6.45, 7) is 1.19. The van der Waals surface area contributed by atoms with Crippen molar-refractivity contribution < 1.29 is 22.7 Å². The molecule has 2 aromatic rings. The van der Waals surface area contributed by atoms with Gasteiger partial charge in [-0.2, -0.15) is 4.98 Å². The molecule has 1 aromatic heterocycles. The molecule has 0 aliphatic carbocycles. The molecule has 0 amide bonds. The molecule has 1 heterocycles. The molecule has 128 valence electrons. The Morgan fingerprint density at radius 2 is 2.00 bits per heavy atom. The van der Waals surface area contributed by atoms with Crippen LogP contribution < -0.4 is 14.2 Å². The van der Waals surface area contributed by atoms with Crippen LogP contribution in [-0.2, 0) is 14.8 Å². The van der Waals surface area contributed by atoms with E-state index < -0.39 is 16.0 Å². The molecule has 0 fully saturated rings. The van der Waals surface area contributed by atoms with Crippen molar-refractivity contribution in [1.29, 1.82) is 0 Å². The van der Waals surface area contributed by atoms with Crippen LogP contribution in [0.5, 0.6) is 11.8 Å². The molecule has 0 aliphatic rings. The lowest BCUT2D eigenvalue weighted by molar-refractivity contribution is -0.132. The minimum atomic E-state index is -4.09. The summed E-state index contributed by atoms with van der Waals surface area (Å²) in [6.07, 6.45) is 1.07. The predicted molar refractivity (Wildman–Crippen MR) is 87.2 cm³/mol. The Kier molecular flexibility index (Phi) is 5.47. The number of esters is 1. The van der Waals surface area contributed by atoms with E-state index in [1.165, 1.54) is 32.2 Å². The number of nitrogens with zero attached hydrogens (tertiary/aromatic N) is 2. The zero-order chi connectivity index (χ0) is 17.9. The van der Waals surface area contributed by atoms with Crippen LogP contribution in [0.1, 0.15) is 6.92 Å². The number of anilines is 1. The molecule has 0 bridgehead atoms. The number of aromatic nitrogens is 2. The second-order valence-electron chi connectivity index (χ2n) is 4.32. The minimum Gasteiger partial charge on any atom is -0.478 e. The monoisotopic (exact) mass is 391 g/mol. The molecule has 0 saturated heterocycles. The number of hydrogen-bond donors (Lipinski definition) is 1. The van der Waals surface area contributed by atoms with Crippen molar-refractivity contribution in [3.63, 3.8) is 0 Å². The van der Waals surface area contributed by atoms with E-state index in [0.717, 1.165) is 6.20 Å². The third kappa shape index (κ3) is 4.05. The lowest BCUT2D eigenvalue weighted by Crippen LogP contribution is -2.16. The summed E-state index contributed by atoms with van der Waals surface area (Å²) in [5.41, 5.74) is 0. The Hall–Kier alpha value is -2.10.